The van der Waals surface area contributed by atoms with Gasteiger partial charge in [-0.3, -0.25) is 0 Å². The Morgan fingerprint density at radius 2 is 1.84 bits per heavy atom. The maximum Gasteiger partial charge on any atom is 0.181 e. The lowest BCUT2D eigenvalue weighted by Crippen LogP contribution is -2.49. The molecule has 19 heavy (non-hydrogen) atoms. The van der Waals surface area contributed by atoms with E-state index >= 15 is 0 Å². The Bertz CT molecular complexity index is 430. The Morgan fingerprint density at radius 1 is 1.21 bits per heavy atom. The molecule has 1 N–H and O–H groups in total. The zero-order valence-electron chi connectivity index (χ0n) is 11.8. The third kappa shape index (κ3) is 1.85. The van der Waals surface area contributed by atoms with Crippen molar-refractivity contribution in [1.29, 1.82) is 0 Å². The monoisotopic (exact) mass is 260 g/mol. The molecule has 3 nitrogen and oxygen atoms in total. The zero-order chi connectivity index (χ0) is 12.9. The van der Waals surface area contributed by atoms with Crippen molar-refractivity contribution >= 4 is 0 Å². The fraction of sp³-hybridized carbons (Fsp3) is 0.812. The quantitative estimate of drug-likeness (QED) is 0.904. The molecule has 0 radical (unpaired) electrons. The standard InChI is InChI=1S/C16H24N2O/c1-17-3-2-14-15(18-10-19-14)16-7-11-4-12(8-16)6-13(5-11)9-16/h10-13,17H,2-9H2,1H3. The molecule has 0 spiro atoms. The van der Waals surface area contributed by atoms with Gasteiger partial charge in [0.2, 0.25) is 0 Å². The first-order chi connectivity index (χ1) is 9.29. The summed E-state index contributed by atoms with van der Waals surface area (Å²) in [4.78, 5) is 4.66. The third-order valence-corrected chi connectivity index (χ3v) is 5.78. The van der Waals surface area contributed by atoms with Crippen LogP contribution >= 0.6 is 0 Å². The largest absolute Gasteiger partial charge is 0.448 e. The van der Waals surface area contributed by atoms with Gasteiger partial charge >= 0.3 is 0 Å². The van der Waals surface area contributed by atoms with Gasteiger partial charge in [0.25, 0.3) is 0 Å². The summed E-state index contributed by atoms with van der Waals surface area (Å²) in [5.74, 6) is 4.07. The average molecular weight is 260 g/mol. The Labute approximate surface area is 115 Å². The molecule has 4 bridgehead atoms. The zero-order valence-corrected chi connectivity index (χ0v) is 11.8. The van der Waals surface area contributed by atoms with Crippen LogP contribution in [0.15, 0.2) is 10.8 Å². The number of rotatable bonds is 4. The predicted molar refractivity (Wildman–Crippen MR) is 74.0 cm³/mol. The molecule has 1 aromatic heterocycles. The Kier molecular flexibility index (Phi) is 2.73. The first kappa shape index (κ1) is 12.0. The van der Waals surface area contributed by atoms with Gasteiger partial charge in [0.1, 0.15) is 5.76 Å². The summed E-state index contributed by atoms with van der Waals surface area (Å²) in [6.45, 7) is 0.981. The van der Waals surface area contributed by atoms with E-state index in [2.05, 4.69) is 10.3 Å². The van der Waals surface area contributed by atoms with Gasteiger partial charge in [0, 0.05) is 18.4 Å². The highest BCUT2D eigenvalue weighted by molar-refractivity contribution is 5.25. The highest BCUT2D eigenvalue weighted by atomic mass is 16.3. The number of nitrogens with one attached hydrogen (secondary N) is 1. The minimum Gasteiger partial charge on any atom is -0.448 e. The highest BCUT2D eigenvalue weighted by Crippen LogP contribution is 2.60. The van der Waals surface area contributed by atoms with Gasteiger partial charge in [-0.2, -0.15) is 0 Å². The molecule has 3 heteroatoms. The van der Waals surface area contributed by atoms with Gasteiger partial charge in [-0.15, -0.1) is 0 Å². The van der Waals surface area contributed by atoms with Gasteiger partial charge in [0.05, 0.1) is 5.69 Å². The molecule has 0 saturated heterocycles. The normalized spacial score (nSPS) is 39.9. The fourth-order valence-corrected chi connectivity index (χ4v) is 5.52. The van der Waals surface area contributed by atoms with E-state index in [1.165, 1.54) is 44.2 Å². The van der Waals surface area contributed by atoms with Crippen LogP contribution in [0.1, 0.15) is 50.0 Å². The van der Waals surface area contributed by atoms with Crippen molar-refractivity contribution in [2.24, 2.45) is 17.8 Å². The van der Waals surface area contributed by atoms with Gasteiger partial charge in [0.15, 0.2) is 6.39 Å². The number of aromatic nitrogens is 1. The molecule has 0 aliphatic heterocycles. The second-order valence-corrected chi connectivity index (χ2v) is 7.18. The van der Waals surface area contributed by atoms with E-state index < -0.39 is 0 Å². The van der Waals surface area contributed by atoms with Crippen LogP contribution in [0.4, 0.5) is 0 Å². The average Bonchev–Trinajstić information content (AvgIpc) is 2.83. The lowest BCUT2D eigenvalue weighted by atomic mass is 9.48. The summed E-state index contributed by atoms with van der Waals surface area (Å²) in [5.41, 5.74) is 1.70. The highest BCUT2D eigenvalue weighted by Gasteiger charge is 2.53. The summed E-state index contributed by atoms with van der Waals surface area (Å²) in [6.07, 6.45) is 11.2. The molecule has 5 rings (SSSR count). The Balaban J connectivity index is 1.66. The first-order valence-electron chi connectivity index (χ1n) is 7.86. The lowest BCUT2D eigenvalue weighted by Gasteiger charge is -2.56. The molecule has 0 aromatic carbocycles. The van der Waals surface area contributed by atoms with Crippen LogP contribution in [-0.2, 0) is 11.8 Å². The molecule has 4 fully saturated rings. The summed E-state index contributed by atoms with van der Waals surface area (Å²) in [6, 6.07) is 0. The number of hydrogen-bond donors (Lipinski definition) is 1. The molecule has 1 aromatic rings. The van der Waals surface area contributed by atoms with Crippen molar-refractivity contribution in [1.82, 2.24) is 10.3 Å². The number of oxazole rings is 1. The van der Waals surface area contributed by atoms with Crippen molar-refractivity contribution in [3.63, 3.8) is 0 Å². The van der Waals surface area contributed by atoms with Crippen molar-refractivity contribution in [2.45, 2.75) is 50.4 Å². The van der Waals surface area contributed by atoms with E-state index in [-0.39, 0.29) is 0 Å². The van der Waals surface area contributed by atoms with Gasteiger partial charge < -0.3 is 9.73 Å². The van der Waals surface area contributed by atoms with Crippen molar-refractivity contribution in [3.05, 3.63) is 17.8 Å². The molecular formula is C16H24N2O. The second kappa shape index (κ2) is 4.34. The van der Waals surface area contributed by atoms with Crippen molar-refractivity contribution < 1.29 is 4.42 Å². The molecule has 104 valence electrons. The third-order valence-electron chi connectivity index (χ3n) is 5.78. The molecule has 4 saturated carbocycles. The van der Waals surface area contributed by atoms with E-state index in [4.69, 9.17) is 4.42 Å². The van der Waals surface area contributed by atoms with Gasteiger partial charge in [-0.1, -0.05) is 0 Å². The van der Waals surface area contributed by atoms with Crippen LogP contribution in [-0.4, -0.2) is 18.6 Å². The summed E-state index contributed by atoms with van der Waals surface area (Å²) in [7, 11) is 2.00. The van der Waals surface area contributed by atoms with Gasteiger partial charge in [-0.25, -0.2) is 4.98 Å². The molecule has 1 heterocycles. The van der Waals surface area contributed by atoms with Crippen LogP contribution in [0.5, 0.6) is 0 Å². The van der Waals surface area contributed by atoms with Crippen LogP contribution in [0.2, 0.25) is 0 Å². The van der Waals surface area contributed by atoms with E-state index in [1.54, 1.807) is 6.39 Å². The van der Waals surface area contributed by atoms with Gasteiger partial charge in [-0.05, 0) is 63.3 Å². The van der Waals surface area contributed by atoms with Crippen molar-refractivity contribution in [2.75, 3.05) is 13.6 Å². The van der Waals surface area contributed by atoms with Crippen LogP contribution < -0.4 is 5.32 Å². The maximum atomic E-state index is 5.71. The first-order valence-corrected chi connectivity index (χ1v) is 7.86. The molecule has 4 aliphatic carbocycles. The summed E-state index contributed by atoms with van der Waals surface area (Å²) in [5, 5.41) is 3.22. The lowest BCUT2D eigenvalue weighted by molar-refractivity contribution is -0.00775. The number of hydrogen-bond acceptors (Lipinski definition) is 3. The smallest absolute Gasteiger partial charge is 0.181 e. The number of nitrogens with zero attached hydrogens (tertiary/aromatic N) is 1. The summed E-state index contributed by atoms with van der Waals surface area (Å²) < 4.78 is 5.71. The minimum absolute atomic E-state index is 0.380. The SMILES string of the molecule is CNCCc1ocnc1C12CC3CC(CC(C3)C1)C2. The second-order valence-electron chi connectivity index (χ2n) is 7.18. The molecule has 0 atom stereocenters. The number of likely N-dealkylation sites (N-methyl/N-ethyl adjacent to an activating group) is 1. The van der Waals surface area contributed by atoms with E-state index in [0.717, 1.165) is 36.5 Å². The van der Waals surface area contributed by atoms with E-state index in [9.17, 15) is 0 Å². The van der Waals surface area contributed by atoms with Crippen LogP contribution in [0, 0.1) is 17.8 Å². The molecule has 4 aliphatic rings. The molecule has 0 amide bonds. The summed E-state index contributed by atoms with van der Waals surface area (Å²) >= 11 is 0. The van der Waals surface area contributed by atoms with Crippen molar-refractivity contribution in [3.8, 4) is 0 Å². The Morgan fingerprint density at radius 3 is 2.42 bits per heavy atom. The van der Waals surface area contributed by atoms with Crippen LogP contribution in [0.3, 0.4) is 0 Å². The van der Waals surface area contributed by atoms with E-state index in [0.29, 0.717) is 5.41 Å². The molecule has 0 unspecified atom stereocenters. The fourth-order valence-electron chi connectivity index (χ4n) is 5.52. The predicted octanol–water partition coefficient (Wildman–Crippen LogP) is 2.90. The van der Waals surface area contributed by atoms with Crippen LogP contribution in [0.25, 0.3) is 0 Å². The topological polar surface area (TPSA) is 38.1 Å². The van der Waals surface area contributed by atoms with E-state index in [1.807, 2.05) is 7.05 Å². The molecular weight excluding hydrogens is 236 g/mol. The minimum atomic E-state index is 0.380. The maximum absolute atomic E-state index is 5.71. The Hall–Kier alpha value is -0.830.